The highest BCUT2D eigenvalue weighted by Gasteiger charge is 2.15. The lowest BCUT2D eigenvalue weighted by atomic mass is 10.0. The van der Waals surface area contributed by atoms with Gasteiger partial charge in [0.25, 0.3) is 5.91 Å². The molecule has 0 aliphatic rings. The molecule has 8 heteroatoms. The normalized spacial score (nSPS) is 10.3. The molecule has 2 heterocycles. The molecule has 0 saturated heterocycles. The van der Waals surface area contributed by atoms with Crippen molar-refractivity contribution in [1.82, 2.24) is 15.0 Å². The maximum Gasteiger partial charge on any atom is 0.278 e. The molecule has 4 N–H and O–H groups in total. The highest BCUT2D eigenvalue weighted by atomic mass is 79.9. The van der Waals surface area contributed by atoms with Gasteiger partial charge in [-0.05, 0) is 34.0 Å². The van der Waals surface area contributed by atoms with Gasteiger partial charge in [0.05, 0.1) is 18.1 Å². The molecule has 2 rings (SSSR count). The van der Waals surface area contributed by atoms with E-state index in [1.807, 2.05) is 6.92 Å². The Hall–Kier alpha value is -2.35. The molecule has 0 fully saturated rings. The number of hydrogen-bond acceptors (Lipinski definition) is 6. The maximum atomic E-state index is 12.4. The molecular weight excluding hydrogens is 360 g/mol. The number of nitrogens with zero attached hydrogens (tertiary/aromatic N) is 3. The van der Waals surface area contributed by atoms with E-state index in [0.717, 1.165) is 18.4 Å². The molecular formula is C15H17BrN6O. The van der Waals surface area contributed by atoms with Crippen LogP contribution in [0, 0.1) is 5.41 Å². The summed E-state index contributed by atoms with van der Waals surface area (Å²) in [5.41, 5.74) is 7.71. The first-order valence-corrected chi connectivity index (χ1v) is 7.89. The van der Waals surface area contributed by atoms with Crippen LogP contribution in [0.2, 0.25) is 0 Å². The summed E-state index contributed by atoms with van der Waals surface area (Å²) in [5.74, 6) is -0.414. The SMILES string of the molecule is CCCC(=N)Cc1ccncc1NC(=O)c1nc(Br)cnc1N. The minimum absolute atomic E-state index is 0.0396. The second kappa shape index (κ2) is 7.77. The Morgan fingerprint density at radius 3 is 2.96 bits per heavy atom. The number of anilines is 2. The van der Waals surface area contributed by atoms with E-state index < -0.39 is 5.91 Å². The molecule has 1 amide bonds. The van der Waals surface area contributed by atoms with Crippen molar-refractivity contribution in [2.45, 2.75) is 26.2 Å². The first-order valence-electron chi connectivity index (χ1n) is 7.09. The molecule has 0 spiro atoms. The van der Waals surface area contributed by atoms with Gasteiger partial charge in [-0.15, -0.1) is 0 Å². The number of nitrogens with two attached hydrogens (primary N) is 1. The van der Waals surface area contributed by atoms with Crippen LogP contribution in [0.4, 0.5) is 11.5 Å². The van der Waals surface area contributed by atoms with Crippen molar-refractivity contribution in [1.29, 1.82) is 5.41 Å². The van der Waals surface area contributed by atoms with Crippen LogP contribution in [0.1, 0.15) is 35.8 Å². The summed E-state index contributed by atoms with van der Waals surface area (Å²) >= 11 is 3.16. The summed E-state index contributed by atoms with van der Waals surface area (Å²) in [5, 5.41) is 10.7. The summed E-state index contributed by atoms with van der Waals surface area (Å²) in [4.78, 5) is 24.3. The average Bonchev–Trinajstić information content (AvgIpc) is 2.51. The van der Waals surface area contributed by atoms with Gasteiger partial charge in [-0.25, -0.2) is 9.97 Å². The van der Waals surface area contributed by atoms with E-state index in [2.05, 4.69) is 36.2 Å². The third-order valence-corrected chi connectivity index (χ3v) is 3.48. The van der Waals surface area contributed by atoms with Crippen molar-refractivity contribution in [3.05, 3.63) is 40.5 Å². The van der Waals surface area contributed by atoms with Gasteiger partial charge in [0, 0.05) is 18.3 Å². The molecule has 0 saturated carbocycles. The zero-order valence-corrected chi connectivity index (χ0v) is 14.2. The lowest BCUT2D eigenvalue weighted by molar-refractivity contribution is 0.102. The topological polar surface area (TPSA) is 118 Å². The summed E-state index contributed by atoms with van der Waals surface area (Å²) in [7, 11) is 0. The monoisotopic (exact) mass is 376 g/mol. The van der Waals surface area contributed by atoms with E-state index in [4.69, 9.17) is 11.1 Å². The molecule has 23 heavy (non-hydrogen) atoms. The van der Waals surface area contributed by atoms with Gasteiger partial charge in [0.2, 0.25) is 0 Å². The molecule has 2 aromatic heterocycles. The van der Waals surface area contributed by atoms with Crippen molar-refractivity contribution >= 4 is 39.1 Å². The number of halogens is 1. The highest BCUT2D eigenvalue weighted by molar-refractivity contribution is 9.10. The minimum Gasteiger partial charge on any atom is -0.382 e. The first kappa shape index (κ1) is 17.0. The third-order valence-electron chi connectivity index (χ3n) is 3.10. The average molecular weight is 377 g/mol. The van der Waals surface area contributed by atoms with Gasteiger partial charge in [0.15, 0.2) is 11.5 Å². The zero-order chi connectivity index (χ0) is 16.8. The molecule has 0 aliphatic heterocycles. The van der Waals surface area contributed by atoms with Crippen LogP contribution in [0.5, 0.6) is 0 Å². The van der Waals surface area contributed by atoms with Crippen LogP contribution in [0.3, 0.4) is 0 Å². The van der Waals surface area contributed by atoms with Crippen LogP contribution >= 0.6 is 15.9 Å². The van der Waals surface area contributed by atoms with E-state index in [0.29, 0.717) is 22.4 Å². The number of carbonyl (C=O) groups excluding carboxylic acids is 1. The van der Waals surface area contributed by atoms with Crippen LogP contribution in [0.15, 0.2) is 29.3 Å². The van der Waals surface area contributed by atoms with Crippen molar-refractivity contribution < 1.29 is 4.79 Å². The molecule has 0 aromatic carbocycles. The number of nitrogen functional groups attached to an aromatic ring is 1. The van der Waals surface area contributed by atoms with Crippen molar-refractivity contribution in [3.63, 3.8) is 0 Å². The number of hydrogen-bond donors (Lipinski definition) is 3. The Morgan fingerprint density at radius 1 is 1.43 bits per heavy atom. The van der Waals surface area contributed by atoms with Gasteiger partial charge in [-0.2, -0.15) is 0 Å². The number of pyridine rings is 1. The van der Waals surface area contributed by atoms with Gasteiger partial charge in [-0.3, -0.25) is 9.78 Å². The largest absolute Gasteiger partial charge is 0.382 e. The van der Waals surface area contributed by atoms with Gasteiger partial charge in [-0.1, -0.05) is 13.3 Å². The molecule has 0 bridgehead atoms. The second-order valence-electron chi connectivity index (χ2n) is 4.94. The second-order valence-corrected chi connectivity index (χ2v) is 5.76. The Bertz CT molecular complexity index is 734. The predicted molar refractivity (Wildman–Crippen MR) is 92.7 cm³/mol. The van der Waals surface area contributed by atoms with E-state index in [9.17, 15) is 4.79 Å². The van der Waals surface area contributed by atoms with Crippen LogP contribution in [-0.2, 0) is 6.42 Å². The summed E-state index contributed by atoms with van der Waals surface area (Å²) in [6.07, 6.45) is 6.71. The van der Waals surface area contributed by atoms with Gasteiger partial charge >= 0.3 is 0 Å². The fraction of sp³-hybridized carbons (Fsp3) is 0.267. The van der Waals surface area contributed by atoms with Crippen LogP contribution in [-0.4, -0.2) is 26.6 Å². The molecule has 0 radical (unpaired) electrons. The molecule has 0 atom stereocenters. The van der Waals surface area contributed by atoms with Crippen LogP contribution < -0.4 is 11.1 Å². The fourth-order valence-corrected chi connectivity index (χ4v) is 2.32. The lowest BCUT2D eigenvalue weighted by Crippen LogP contribution is -2.18. The Morgan fingerprint density at radius 2 is 2.22 bits per heavy atom. The van der Waals surface area contributed by atoms with Crippen molar-refractivity contribution in [3.8, 4) is 0 Å². The molecule has 7 nitrogen and oxygen atoms in total. The first-order chi connectivity index (χ1) is 11.0. The quantitative estimate of drug-likeness (QED) is 0.669. The summed E-state index contributed by atoms with van der Waals surface area (Å²) < 4.78 is 0.424. The maximum absolute atomic E-state index is 12.4. The van der Waals surface area contributed by atoms with E-state index in [-0.39, 0.29) is 11.5 Å². The van der Waals surface area contributed by atoms with Crippen LogP contribution in [0.25, 0.3) is 0 Å². The lowest BCUT2D eigenvalue weighted by Gasteiger charge is -2.11. The third kappa shape index (κ3) is 4.56. The summed E-state index contributed by atoms with van der Waals surface area (Å²) in [6.45, 7) is 2.03. The number of amides is 1. The minimum atomic E-state index is -0.465. The van der Waals surface area contributed by atoms with E-state index in [1.165, 1.54) is 6.20 Å². The molecule has 0 aliphatic carbocycles. The Balaban J connectivity index is 2.21. The smallest absolute Gasteiger partial charge is 0.278 e. The zero-order valence-electron chi connectivity index (χ0n) is 12.6. The predicted octanol–water partition coefficient (Wildman–Crippen LogP) is 2.83. The summed E-state index contributed by atoms with van der Waals surface area (Å²) in [6, 6.07) is 1.79. The Labute approximate surface area is 142 Å². The molecule has 120 valence electrons. The number of rotatable bonds is 6. The van der Waals surface area contributed by atoms with Gasteiger partial charge in [0.1, 0.15) is 4.60 Å². The van der Waals surface area contributed by atoms with E-state index >= 15 is 0 Å². The van der Waals surface area contributed by atoms with Gasteiger partial charge < -0.3 is 16.5 Å². The molecule has 2 aromatic rings. The van der Waals surface area contributed by atoms with E-state index in [1.54, 1.807) is 18.5 Å². The Kier molecular flexibility index (Phi) is 5.75. The van der Waals surface area contributed by atoms with Crippen molar-refractivity contribution in [2.75, 3.05) is 11.1 Å². The number of carbonyl (C=O) groups is 1. The van der Waals surface area contributed by atoms with Crippen molar-refractivity contribution in [2.24, 2.45) is 0 Å². The fourth-order valence-electron chi connectivity index (χ4n) is 2.04. The molecule has 0 unspecified atom stereocenters. The standard InChI is InChI=1S/C15H17BrN6O/c1-2-3-10(17)6-9-4-5-19-7-11(9)21-15(23)13-14(18)20-8-12(16)22-13/h4-5,7-8,17H,2-3,6H2,1H3,(H2,18,20)(H,21,23). The number of nitrogens with one attached hydrogen (secondary N) is 2. The highest BCUT2D eigenvalue weighted by Crippen LogP contribution is 2.18. The number of aromatic nitrogens is 3.